The molecule has 1 saturated heterocycles. The van der Waals surface area contributed by atoms with Crippen molar-refractivity contribution in [1.29, 1.82) is 0 Å². The lowest BCUT2D eigenvalue weighted by Crippen LogP contribution is -2.41. The first-order valence-corrected chi connectivity index (χ1v) is 9.33. The van der Waals surface area contributed by atoms with Gasteiger partial charge in [-0.1, -0.05) is 35.9 Å². The smallest absolute Gasteiger partial charge is 0.212 e. The molecular weight excluding hydrogens is 320 g/mol. The van der Waals surface area contributed by atoms with E-state index in [-0.39, 0.29) is 0 Å². The van der Waals surface area contributed by atoms with E-state index in [1.807, 2.05) is 24.3 Å². The van der Waals surface area contributed by atoms with E-state index >= 15 is 0 Å². The first-order valence-electron chi connectivity index (χ1n) is 7.34. The summed E-state index contributed by atoms with van der Waals surface area (Å²) < 4.78 is 22.8. The van der Waals surface area contributed by atoms with Gasteiger partial charge in [0.1, 0.15) is 0 Å². The Hall–Kier alpha value is -1.14. The summed E-state index contributed by atoms with van der Waals surface area (Å²) in [5, 5.41) is 7.89. The SMILES string of the molecule is NS(=O)(=O)C1CCN(Cc2cc(Cl)cc3ccccc23)CC1. The van der Waals surface area contributed by atoms with Gasteiger partial charge in [-0.25, -0.2) is 13.6 Å². The second-order valence-electron chi connectivity index (χ2n) is 5.85. The van der Waals surface area contributed by atoms with Crippen molar-refractivity contribution in [3.05, 3.63) is 47.0 Å². The van der Waals surface area contributed by atoms with Gasteiger partial charge in [-0.3, -0.25) is 4.90 Å². The van der Waals surface area contributed by atoms with Crippen LogP contribution in [0.15, 0.2) is 36.4 Å². The lowest BCUT2D eigenvalue weighted by atomic mass is 10.0. The molecule has 0 amide bonds. The third-order valence-corrected chi connectivity index (χ3v) is 5.92. The van der Waals surface area contributed by atoms with Crippen LogP contribution in [-0.4, -0.2) is 31.7 Å². The number of hydrogen-bond acceptors (Lipinski definition) is 3. The van der Waals surface area contributed by atoms with Gasteiger partial charge in [0.2, 0.25) is 10.0 Å². The highest BCUT2D eigenvalue weighted by Crippen LogP contribution is 2.26. The van der Waals surface area contributed by atoms with Crippen LogP contribution in [0, 0.1) is 0 Å². The number of likely N-dealkylation sites (tertiary alicyclic amines) is 1. The molecule has 2 aromatic carbocycles. The summed E-state index contributed by atoms with van der Waals surface area (Å²) in [6.07, 6.45) is 1.19. The normalized spacial score (nSPS) is 17.9. The zero-order chi connectivity index (χ0) is 15.7. The number of benzene rings is 2. The molecule has 0 aliphatic carbocycles. The summed E-state index contributed by atoms with van der Waals surface area (Å²) >= 11 is 6.21. The number of rotatable bonds is 3. The molecule has 2 N–H and O–H groups in total. The maximum atomic E-state index is 11.4. The van der Waals surface area contributed by atoms with Crippen molar-refractivity contribution in [2.75, 3.05) is 13.1 Å². The highest BCUT2D eigenvalue weighted by Gasteiger charge is 2.27. The van der Waals surface area contributed by atoms with Crippen LogP contribution in [-0.2, 0) is 16.6 Å². The fourth-order valence-electron chi connectivity index (χ4n) is 3.12. The number of hydrogen-bond donors (Lipinski definition) is 1. The summed E-state index contributed by atoms with van der Waals surface area (Å²) in [5.74, 6) is 0. The van der Waals surface area contributed by atoms with E-state index in [1.54, 1.807) is 0 Å². The molecule has 22 heavy (non-hydrogen) atoms. The maximum absolute atomic E-state index is 11.4. The highest BCUT2D eigenvalue weighted by molar-refractivity contribution is 7.89. The van der Waals surface area contributed by atoms with E-state index in [9.17, 15) is 8.42 Å². The van der Waals surface area contributed by atoms with Crippen LogP contribution in [0.25, 0.3) is 10.8 Å². The molecule has 0 unspecified atom stereocenters. The van der Waals surface area contributed by atoms with E-state index in [1.165, 1.54) is 10.9 Å². The summed E-state index contributed by atoms with van der Waals surface area (Å²) in [7, 11) is -3.41. The van der Waals surface area contributed by atoms with Crippen LogP contribution in [0.3, 0.4) is 0 Å². The lowest BCUT2D eigenvalue weighted by molar-refractivity contribution is 0.223. The molecule has 0 spiro atoms. The Balaban J connectivity index is 1.78. The van der Waals surface area contributed by atoms with E-state index in [4.69, 9.17) is 16.7 Å². The molecule has 1 aliphatic rings. The van der Waals surface area contributed by atoms with Crippen LogP contribution >= 0.6 is 11.6 Å². The topological polar surface area (TPSA) is 63.4 Å². The second-order valence-corrected chi connectivity index (χ2v) is 8.13. The quantitative estimate of drug-likeness (QED) is 0.936. The molecule has 0 saturated carbocycles. The van der Waals surface area contributed by atoms with Gasteiger partial charge in [0, 0.05) is 11.6 Å². The Morgan fingerprint density at radius 2 is 1.86 bits per heavy atom. The molecular formula is C16H19ClN2O2S. The summed E-state index contributed by atoms with van der Waals surface area (Å²) in [6, 6.07) is 12.1. The Morgan fingerprint density at radius 1 is 1.18 bits per heavy atom. The molecule has 6 heteroatoms. The minimum Gasteiger partial charge on any atom is -0.299 e. The number of halogens is 1. The molecule has 1 aliphatic heterocycles. The zero-order valence-electron chi connectivity index (χ0n) is 12.2. The van der Waals surface area contributed by atoms with Crippen LogP contribution < -0.4 is 5.14 Å². The van der Waals surface area contributed by atoms with Crippen molar-refractivity contribution in [2.24, 2.45) is 5.14 Å². The number of nitrogens with two attached hydrogens (primary N) is 1. The van der Waals surface area contributed by atoms with Gasteiger partial charge in [-0.05, 0) is 54.4 Å². The first-order chi connectivity index (χ1) is 10.4. The van der Waals surface area contributed by atoms with Gasteiger partial charge in [-0.2, -0.15) is 0 Å². The van der Waals surface area contributed by atoms with Crippen LogP contribution in [0.1, 0.15) is 18.4 Å². The fourth-order valence-corrected chi connectivity index (χ4v) is 4.23. The van der Waals surface area contributed by atoms with Gasteiger partial charge in [0.25, 0.3) is 0 Å². The Morgan fingerprint density at radius 3 is 2.55 bits per heavy atom. The number of piperidine rings is 1. The van der Waals surface area contributed by atoms with Crippen LogP contribution in [0.5, 0.6) is 0 Å². The maximum Gasteiger partial charge on any atom is 0.212 e. The van der Waals surface area contributed by atoms with E-state index in [0.29, 0.717) is 12.8 Å². The molecule has 0 radical (unpaired) electrons. The second kappa shape index (κ2) is 6.16. The van der Waals surface area contributed by atoms with Crippen molar-refractivity contribution >= 4 is 32.4 Å². The van der Waals surface area contributed by atoms with Gasteiger partial charge in [-0.15, -0.1) is 0 Å². The van der Waals surface area contributed by atoms with Crippen LogP contribution in [0.4, 0.5) is 0 Å². The van der Waals surface area contributed by atoms with Gasteiger partial charge in [0.15, 0.2) is 0 Å². The fraction of sp³-hybridized carbons (Fsp3) is 0.375. The predicted molar refractivity (Wildman–Crippen MR) is 90.4 cm³/mol. The Bertz CT molecular complexity index is 784. The van der Waals surface area contributed by atoms with Gasteiger partial charge >= 0.3 is 0 Å². The van der Waals surface area contributed by atoms with Gasteiger partial charge < -0.3 is 0 Å². The monoisotopic (exact) mass is 338 g/mol. The average molecular weight is 339 g/mol. The van der Waals surface area contributed by atoms with Gasteiger partial charge in [0.05, 0.1) is 5.25 Å². The van der Waals surface area contributed by atoms with E-state index < -0.39 is 15.3 Å². The predicted octanol–water partition coefficient (Wildman–Crippen LogP) is 2.75. The van der Waals surface area contributed by atoms with Crippen molar-refractivity contribution in [3.63, 3.8) is 0 Å². The molecule has 3 rings (SSSR count). The number of primary sulfonamides is 1. The van der Waals surface area contributed by atoms with E-state index in [2.05, 4.69) is 17.0 Å². The third kappa shape index (κ3) is 3.43. The van der Waals surface area contributed by atoms with Crippen molar-refractivity contribution in [2.45, 2.75) is 24.6 Å². The Kier molecular flexibility index (Phi) is 4.41. The van der Waals surface area contributed by atoms with Crippen molar-refractivity contribution < 1.29 is 8.42 Å². The molecule has 0 bridgehead atoms. The molecule has 1 heterocycles. The summed E-state index contributed by atoms with van der Waals surface area (Å²) in [4.78, 5) is 2.26. The minimum absolute atomic E-state index is 0.403. The largest absolute Gasteiger partial charge is 0.299 e. The number of nitrogens with zero attached hydrogens (tertiary/aromatic N) is 1. The lowest BCUT2D eigenvalue weighted by Gasteiger charge is -2.31. The molecule has 2 aromatic rings. The van der Waals surface area contributed by atoms with E-state index in [0.717, 1.165) is 30.0 Å². The standard InChI is InChI=1S/C16H19ClN2O2S/c17-14-9-12-3-1-2-4-16(12)13(10-14)11-19-7-5-15(6-8-19)22(18,20)21/h1-4,9-10,15H,5-8,11H2,(H2,18,20,21). The molecule has 118 valence electrons. The Labute approximate surface area is 135 Å². The zero-order valence-corrected chi connectivity index (χ0v) is 13.8. The number of sulfonamides is 1. The van der Waals surface area contributed by atoms with Crippen LogP contribution in [0.2, 0.25) is 5.02 Å². The molecule has 0 aromatic heterocycles. The highest BCUT2D eigenvalue weighted by atomic mass is 35.5. The first kappa shape index (κ1) is 15.7. The minimum atomic E-state index is -3.41. The summed E-state index contributed by atoms with van der Waals surface area (Å²) in [5.41, 5.74) is 1.18. The van der Waals surface area contributed by atoms with Crippen molar-refractivity contribution in [1.82, 2.24) is 4.90 Å². The molecule has 0 atom stereocenters. The molecule has 1 fully saturated rings. The summed E-state index contributed by atoms with van der Waals surface area (Å²) in [6.45, 7) is 2.25. The number of fused-ring (bicyclic) bond motifs is 1. The molecule has 4 nitrogen and oxygen atoms in total. The van der Waals surface area contributed by atoms with Crippen molar-refractivity contribution in [3.8, 4) is 0 Å². The third-order valence-electron chi connectivity index (χ3n) is 4.31. The average Bonchev–Trinajstić information content (AvgIpc) is 2.46.